The number of rotatable bonds is 9. The lowest BCUT2D eigenvalue weighted by Gasteiger charge is -2.17. The Morgan fingerprint density at radius 3 is 2.22 bits per heavy atom. The van der Waals surface area contributed by atoms with Crippen LogP contribution in [-0.4, -0.2) is 46.1 Å². The Labute approximate surface area is 107 Å². The van der Waals surface area contributed by atoms with E-state index in [1.165, 1.54) is 0 Å². The molecule has 6 nitrogen and oxygen atoms in total. The summed E-state index contributed by atoms with van der Waals surface area (Å²) in [5, 5.41) is 26.6. The normalized spacial score (nSPS) is 15.8. The molecule has 0 saturated carbocycles. The van der Waals surface area contributed by atoms with Gasteiger partial charge in [-0.3, -0.25) is 0 Å². The van der Waals surface area contributed by atoms with Gasteiger partial charge in [0.1, 0.15) is 0 Å². The van der Waals surface area contributed by atoms with Crippen LogP contribution < -0.4 is 0 Å². The van der Waals surface area contributed by atoms with Gasteiger partial charge in [0, 0.05) is 0 Å². The third-order valence-electron chi connectivity index (χ3n) is 2.80. The van der Waals surface area contributed by atoms with Gasteiger partial charge < -0.3 is 20.1 Å². The molecule has 0 saturated heterocycles. The first-order valence-electron chi connectivity index (χ1n) is 6.19. The van der Waals surface area contributed by atoms with Gasteiger partial charge in [-0.25, -0.2) is 9.59 Å². The fourth-order valence-corrected chi connectivity index (χ4v) is 1.45. The Morgan fingerprint density at radius 1 is 1.17 bits per heavy atom. The molecule has 0 aromatic heterocycles. The largest absolute Gasteiger partial charge is 0.479 e. The van der Waals surface area contributed by atoms with E-state index in [0.29, 0.717) is 0 Å². The summed E-state index contributed by atoms with van der Waals surface area (Å²) in [6.45, 7) is 4.17. The third-order valence-corrected chi connectivity index (χ3v) is 2.80. The van der Waals surface area contributed by atoms with Gasteiger partial charge in [-0.15, -0.1) is 0 Å². The molecule has 0 aromatic carbocycles. The average Bonchev–Trinajstić information content (AvgIpc) is 2.36. The first kappa shape index (κ1) is 16.9. The van der Waals surface area contributed by atoms with Gasteiger partial charge in [-0.1, -0.05) is 33.1 Å². The zero-order chi connectivity index (χ0) is 14.1. The van der Waals surface area contributed by atoms with Crippen molar-refractivity contribution in [2.45, 2.75) is 51.7 Å². The number of carboxylic acid groups (broad SMARTS) is 1. The lowest BCUT2D eigenvalue weighted by Crippen LogP contribution is -2.41. The maximum Gasteiger partial charge on any atom is 0.338 e. The first-order valence-corrected chi connectivity index (χ1v) is 6.19. The van der Waals surface area contributed by atoms with Crippen LogP contribution in [-0.2, 0) is 14.3 Å². The van der Waals surface area contributed by atoms with Crippen LogP contribution in [0.3, 0.4) is 0 Å². The molecule has 18 heavy (non-hydrogen) atoms. The molecule has 6 heteroatoms. The lowest BCUT2D eigenvalue weighted by atomic mass is 10.0. The highest BCUT2D eigenvalue weighted by atomic mass is 16.6. The molecule has 0 rings (SSSR count). The van der Waals surface area contributed by atoms with E-state index in [4.69, 9.17) is 14.9 Å². The SMILES string of the molecule is CCCCC(CC)COC(=O)[C@H](O)[C@@H](O)C(=O)O. The van der Waals surface area contributed by atoms with Gasteiger partial charge in [0.25, 0.3) is 0 Å². The molecule has 0 aromatic rings. The molecule has 3 N–H and O–H groups in total. The summed E-state index contributed by atoms with van der Waals surface area (Å²) < 4.78 is 4.81. The van der Waals surface area contributed by atoms with Crippen LogP contribution in [0.1, 0.15) is 39.5 Å². The highest BCUT2D eigenvalue weighted by Gasteiger charge is 2.31. The van der Waals surface area contributed by atoms with E-state index < -0.39 is 24.1 Å². The van der Waals surface area contributed by atoms with E-state index in [2.05, 4.69) is 6.92 Å². The van der Waals surface area contributed by atoms with Gasteiger partial charge in [0.15, 0.2) is 12.2 Å². The van der Waals surface area contributed by atoms with E-state index >= 15 is 0 Å². The molecule has 0 amide bonds. The number of aliphatic hydroxyl groups excluding tert-OH is 2. The summed E-state index contributed by atoms with van der Waals surface area (Å²) in [6, 6.07) is 0. The van der Waals surface area contributed by atoms with E-state index in [0.717, 1.165) is 25.7 Å². The smallest absolute Gasteiger partial charge is 0.338 e. The quantitative estimate of drug-likeness (QED) is 0.524. The van der Waals surface area contributed by atoms with Crippen LogP contribution in [0.5, 0.6) is 0 Å². The number of carbonyl (C=O) groups is 2. The minimum Gasteiger partial charge on any atom is -0.479 e. The lowest BCUT2D eigenvalue weighted by molar-refractivity contribution is -0.170. The Morgan fingerprint density at radius 2 is 1.78 bits per heavy atom. The van der Waals surface area contributed by atoms with E-state index in [1.807, 2.05) is 6.92 Å². The zero-order valence-corrected chi connectivity index (χ0v) is 10.8. The van der Waals surface area contributed by atoms with Gasteiger partial charge in [-0.2, -0.15) is 0 Å². The van der Waals surface area contributed by atoms with Crippen molar-refractivity contribution in [3.8, 4) is 0 Å². The number of hydrogen-bond acceptors (Lipinski definition) is 5. The Kier molecular flexibility index (Phi) is 8.32. The summed E-state index contributed by atoms with van der Waals surface area (Å²) in [7, 11) is 0. The van der Waals surface area contributed by atoms with Crippen molar-refractivity contribution >= 4 is 11.9 Å². The molecule has 106 valence electrons. The van der Waals surface area contributed by atoms with Gasteiger partial charge in [-0.05, 0) is 12.3 Å². The standard InChI is InChI=1S/C12H22O6/c1-3-5-6-8(4-2)7-18-12(17)10(14)9(13)11(15)16/h8-10,13-14H,3-7H2,1-2H3,(H,15,16)/t8?,9-,10-/m1/s1. The number of aliphatic hydroxyl groups is 2. The summed E-state index contributed by atoms with van der Waals surface area (Å²) in [6.07, 6.45) is -0.358. The Balaban J connectivity index is 4.10. The van der Waals surface area contributed by atoms with Crippen molar-refractivity contribution in [3.05, 3.63) is 0 Å². The number of carboxylic acids is 1. The van der Waals surface area contributed by atoms with Crippen molar-refractivity contribution in [3.63, 3.8) is 0 Å². The van der Waals surface area contributed by atoms with Crippen LogP contribution in [0.4, 0.5) is 0 Å². The second kappa shape index (κ2) is 8.88. The summed E-state index contributed by atoms with van der Waals surface area (Å²) in [5.41, 5.74) is 0. The zero-order valence-electron chi connectivity index (χ0n) is 10.8. The number of carbonyl (C=O) groups excluding carboxylic acids is 1. The molecule has 0 radical (unpaired) electrons. The maximum atomic E-state index is 11.3. The minimum absolute atomic E-state index is 0.138. The predicted octanol–water partition coefficient (Wildman–Crippen LogP) is 0.552. The van der Waals surface area contributed by atoms with Crippen molar-refractivity contribution in [2.24, 2.45) is 5.92 Å². The van der Waals surface area contributed by atoms with Crippen molar-refractivity contribution in [1.29, 1.82) is 0 Å². The second-order valence-electron chi connectivity index (χ2n) is 4.27. The number of unbranched alkanes of at least 4 members (excludes halogenated alkanes) is 1. The topological polar surface area (TPSA) is 104 Å². The summed E-state index contributed by atoms with van der Waals surface area (Å²) in [5.74, 6) is -2.56. The van der Waals surface area contributed by atoms with Crippen LogP contribution in [0.15, 0.2) is 0 Å². The monoisotopic (exact) mass is 262 g/mol. The maximum absolute atomic E-state index is 11.3. The van der Waals surface area contributed by atoms with Crippen LogP contribution >= 0.6 is 0 Å². The molecule has 0 heterocycles. The highest BCUT2D eigenvalue weighted by Crippen LogP contribution is 2.13. The van der Waals surface area contributed by atoms with Crippen molar-refractivity contribution in [2.75, 3.05) is 6.61 Å². The van der Waals surface area contributed by atoms with E-state index in [1.54, 1.807) is 0 Å². The molecule has 0 aliphatic carbocycles. The van der Waals surface area contributed by atoms with Crippen molar-refractivity contribution < 1.29 is 29.6 Å². The van der Waals surface area contributed by atoms with Crippen molar-refractivity contribution in [1.82, 2.24) is 0 Å². The number of esters is 1. The molecule has 0 fully saturated rings. The van der Waals surface area contributed by atoms with Crippen LogP contribution in [0.2, 0.25) is 0 Å². The average molecular weight is 262 g/mol. The Hall–Kier alpha value is -1.14. The molecule has 0 aliphatic heterocycles. The highest BCUT2D eigenvalue weighted by molar-refractivity contribution is 5.84. The van der Waals surface area contributed by atoms with Gasteiger partial charge in [0.05, 0.1) is 6.61 Å². The molecule has 1 unspecified atom stereocenters. The molecule has 0 spiro atoms. The van der Waals surface area contributed by atoms with Gasteiger partial charge >= 0.3 is 11.9 Å². The minimum atomic E-state index is -2.15. The fourth-order valence-electron chi connectivity index (χ4n) is 1.45. The molecular weight excluding hydrogens is 240 g/mol. The summed E-state index contributed by atoms with van der Waals surface area (Å²) in [4.78, 5) is 21.7. The van der Waals surface area contributed by atoms with Gasteiger partial charge in [0.2, 0.25) is 0 Å². The molecule has 3 atom stereocenters. The number of aliphatic carboxylic acids is 1. The predicted molar refractivity (Wildman–Crippen MR) is 63.9 cm³/mol. The van der Waals surface area contributed by atoms with Crippen LogP contribution in [0.25, 0.3) is 0 Å². The number of hydrogen-bond donors (Lipinski definition) is 3. The Bertz CT molecular complexity index is 265. The number of ether oxygens (including phenoxy) is 1. The van der Waals surface area contributed by atoms with Crippen LogP contribution in [0, 0.1) is 5.92 Å². The second-order valence-corrected chi connectivity index (χ2v) is 4.27. The fraction of sp³-hybridized carbons (Fsp3) is 0.833. The van der Waals surface area contributed by atoms with E-state index in [-0.39, 0.29) is 12.5 Å². The summed E-state index contributed by atoms with van der Waals surface area (Å²) >= 11 is 0. The molecule has 0 aliphatic rings. The third kappa shape index (κ3) is 5.97. The molecular formula is C12H22O6. The molecule has 0 bridgehead atoms. The first-order chi connectivity index (χ1) is 8.43. The van der Waals surface area contributed by atoms with E-state index in [9.17, 15) is 14.7 Å².